The Balaban J connectivity index is 2.24. The molecule has 5 heteroatoms. The van der Waals surface area contributed by atoms with Crippen LogP contribution >= 0.6 is 0 Å². The van der Waals surface area contributed by atoms with Crippen LogP contribution in [0.4, 0.5) is 0 Å². The van der Waals surface area contributed by atoms with E-state index in [1.54, 1.807) is 0 Å². The highest BCUT2D eigenvalue weighted by Crippen LogP contribution is 2.21. The van der Waals surface area contributed by atoms with Crippen LogP contribution in [0, 0.1) is 5.41 Å². The third-order valence-corrected chi connectivity index (χ3v) is 3.29. The molecule has 0 saturated carbocycles. The summed E-state index contributed by atoms with van der Waals surface area (Å²) in [5, 5.41) is 9.12. The van der Waals surface area contributed by atoms with E-state index in [9.17, 15) is 9.59 Å². The van der Waals surface area contributed by atoms with Crippen molar-refractivity contribution < 1.29 is 24.2 Å². The van der Waals surface area contributed by atoms with E-state index in [1.807, 2.05) is 20.8 Å². The zero-order chi connectivity index (χ0) is 15.9. The molecule has 0 aliphatic carbocycles. The van der Waals surface area contributed by atoms with Gasteiger partial charge in [-0.15, -0.1) is 0 Å². The predicted molar refractivity (Wildman–Crippen MR) is 78.0 cm³/mol. The second kappa shape index (κ2) is 7.67. The van der Waals surface area contributed by atoms with E-state index in [1.165, 1.54) is 24.3 Å². The summed E-state index contributed by atoms with van der Waals surface area (Å²) in [4.78, 5) is 23.3. The van der Waals surface area contributed by atoms with Crippen molar-refractivity contribution in [1.82, 2.24) is 0 Å². The van der Waals surface area contributed by atoms with Crippen LogP contribution in [0.1, 0.15) is 44.0 Å². The van der Waals surface area contributed by atoms with Crippen LogP contribution in [0.2, 0.25) is 0 Å². The second-order valence-corrected chi connectivity index (χ2v) is 5.41. The van der Waals surface area contributed by atoms with Crippen LogP contribution < -0.4 is 0 Å². The lowest BCUT2D eigenvalue weighted by molar-refractivity contribution is -0.154. The van der Waals surface area contributed by atoms with Gasteiger partial charge in [0.05, 0.1) is 24.2 Å². The molecule has 0 spiro atoms. The number of phenols is 1. The summed E-state index contributed by atoms with van der Waals surface area (Å²) in [6.45, 7) is 6.01. The monoisotopic (exact) mass is 294 g/mol. The molecule has 1 aromatic carbocycles. The third-order valence-electron chi connectivity index (χ3n) is 3.29. The first-order valence-electron chi connectivity index (χ1n) is 7.00. The van der Waals surface area contributed by atoms with Crippen molar-refractivity contribution in [2.45, 2.75) is 33.6 Å². The molecule has 0 aliphatic rings. The van der Waals surface area contributed by atoms with E-state index in [2.05, 4.69) is 0 Å². The molecule has 1 N–H and O–H groups in total. The fraction of sp³-hybridized carbons (Fsp3) is 0.500. The van der Waals surface area contributed by atoms with Crippen molar-refractivity contribution in [2.75, 3.05) is 13.2 Å². The van der Waals surface area contributed by atoms with Crippen LogP contribution in [0.3, 0.4) is 0 Å². The Morgan fingerprint density at radius 2 is 1.67 bits per heavy atom. The number of rotatable bonds is 7. The van der Waals surface area contributed by atoms with Crippen LogP contribution in [0.15, 0.2) is 24.3 Å². The molecule has 0 bridgehead atoms. The summed E-state index contributed by atoms with van der Waals surface area (Å²) in [5.41, 5.74) is -0.111. The number of carbonyl (C=O) groups is 2. The Labute approximate surface area is 124 Å². The van der Waals surface area contributed by atoms with Crippen molar-refractivity contribution in [2.24, 2.45) is 5.41 Å². The fourth-order valence-electron chi connectivity index (χ4n) is 1.41. The van der Waals surface area contributed by atoms with Gasteiger partial charge in [-0.05, 0) is 44.5 Å². The lowest BCUT2D eigenvalue weighted by Gasteiger charge is -2.20. The Hall–Kier alpha value is -2.04. The minimum absolute atomic E-state index is 0.0944. The molecule has 21 heavy (non-hydrogen) atoms. The summed E-state index contributed by atoms with van der Waals surface area (Å²) >= 11 is 0. The molecule has 0 aliphatic heterocycles. The SMILES string of the molecule is CCC(C)(C)C(=O)OCCCOC(=O)c1ccc(O)cc1. The molecule has 0 atom stereocenters. The fourth-order valence-corrected chi connectivity index (χ4v) is 1.41. The van der Waals surface area contributed by atoms with Gasteiger partial charge in [0, 0.05) is 6.42 Å². The van der Waals surface area contributed by atoms with E-state index in [0.29, 0.717) is 18.4 Å². The molecule has 5 nitrogen and oxygen atoms in total. The zero-order valence-corrected chi connectivity index (χ0v) is 12.7. The van der Waals surface area contributed by atoms with E-state index in [-0.39, 0.29) is 24.9 Å². The Bertz CT molecular complexity index is 476. The molecule has 0 heterocycles. The maximum absolute atomic E-state index is 11.7. The predicted octanol–water partition coefficient (Wildman–Crippen LogP) is 2.92. The van der Waals surface area contributed by atoms with Gasteiger partial charge in [-0.1, -0.05) is 6.92 Å². The highest BCUT2D eigenvalue weighted by atomic mass is 16.5. The van der Waals surface area contributed by atoms with Crippen LogP contribution in [-0.4, -0.2) is 30.3 Å². The van der Waals surface area contributed by atoms with Gasteiger partial charge < -0.3 is 14.6 Å². The van der Waals surface area contributed by atoms with E-state index >= 15 is 0 Å². The molecule has 1 aromatic rings. The number of hydrogen-bond donors (Lipinski definition) is 1. The van der Waals surface area contributed by atoms with Crippen molar-refractivity contribution in [3.8, 4) is 5.75 Å². The van der Waals surface area contributed by atoms with Gasteiger partial charge in [-0.3, -0.25) is 4.79 Å². The minimum atomic E-state index is -0.483. The first-order chi connectivity index (χ1) is 9.86. The van der Waals surface area contributed by atoms with Crippen LogP contribution in [0.5, 0.6) is 5.75 Å². The Morgan fingerprint density at radius 1 is 1.10 bits per heavy atom. The molecule has 1 rings (SSSR count). The molecule has 0 aromatic heterocycles. The average Bonchev–Trinajstić information content (AvgIpc) is 2.47. The summed E-state index contributed by atoms with van der Waals surface area (Å²) in [6.07, 6.45) is 1.16. The van der Waals surface area contributed by atoms with Gasteiger partial charge in [0.25, 0.3) is 0 Å². The Kier molecular flexibility index (Phi) is 6.21. The standard InChI is InChI=1S/C16H22O5/c1-4-16(2,3)15(19)21-11-5-10-20-14(18)12-6-8-13(17)9-7-12/h6-9,17H,4-5,10-11H2,1-3H3. The van der Waals surface area contributed by atoms with Gasteiger partial charge in [-0.2, -0.15) is 0 Å². The highest BCUT2D eigenvalue weighted by molar-refractivity contribution is 5.89. The topological polar surface area (TPSA) is 72.8 Å². The van der Waals surface area contributed by atoms with E-state index in [4.69, 9.17) is 14.6 Å². The summed E-state index contributed by atoms with van der Waals surface area (Å²) in [7, 11) is 0. The lowest BCUT2D eigenvalue weighted by atomic mass is 9.91. The van der Waals surface area contributed by atoms with Gasteiger partial charge in [0.1, 0.15) is 5.75 Å². The Morgan fingerprint density at radius 3 is 2.24 bits per heavy atom. The number of ether oxygens (including phenoxy) is 2. The van der Waals surface area contributed by atoms with Crippen molar-refractivity contribution in [1.29, 1.82) is 0 Å². The first kappa shape index (κ1) is 17.0. The maximum atomic E-state index is 11.7. The van der Waals surface area contributed by atoms with Crippen molar-refractivity contribution in [3.05, 3.63) is 29.8 Å². The summed E-state index contributed by atoms with van der Waals surface area (Å²) < 4.78 is 10.2. The second-order valence-electron chi connectivity index (χ2n) is 5.41. The van der Waals surface area contributed by atoms with Gasteiger partial charge >= 0.3 is 11.9 Å². The summed E-state index contributed by atoms with van der Waals surface area (Å²) in [6, 6.07) is 5.82. The number of esters is 2. The quantitative estimate of drug-likeness (QED) is 0.618. The van der Waals surface area contributed by atoms with E-state index in [0.717, 1.165) is 0 Å². The number of aromatic hydroxyl groups is 1. The average molecular weight is 294 g/mol. The van der Waals surface area contributed by atoms with Gasteiger partial charge in [-0.25, -0.2) is 4.79 Å². The molecule has 0 unspecified atom stereocenters. The normalized spacial score (nSPS) is 11.0. The van der Waals surface area contributed by atoms with Gasteiger partial charge in [0.2, 0.25) is 0 Å². The largest absolute Gasteiger partial charge is 0.508 e. The molecule has 116 valence electrons. The minimum Gasteiger partial charge on any atom is -0.508 e. The maximum Gasteiger partial charge on any atom is 0.338 e. The molecule has 0 amide bonds. The number of benzene rings is 1. The smallest absolute Gasteiger partial charge is 0.338 e. The third kappa shape index (κ3) is 5.45. The van der Waals surface area contributed by atoms with Crippen LogP contribution in [-0.2, 0) is 14.3 Å². The lowest BCUT2D eigenvalue weighted by Crippen LogP contribution is -2.26. The van der Waals surface area contributed by atoms with Gasteiger partial charge in [0.15, 0.2) is 0 Å². The first-order valence-corrected chi connectivity index (χ1v) is 7.00. The highest BCUT2D eigenvalue weighted by Gasteiger charge is 2.26. The zero-order valence-electron chi connectivity index (χ0n) is 12.7. The molecule has 0 radical (unpaired) electrons. The molecular weight excluding hydrogens is 272 g/mol. The van der Waals surface area contributed by atoms with Crippen molar-refractivity contribution >= 4 is 11.9 Å². The number of carbonyl (C=O) groups excluding carboxylic acids is 2. The molecular formula is C16H22O5. The summed E-state index contributed by atoms with van der Waals surface area (Å²) in [5.74, 6) is -0.609. The number of hydrogen-bond acceptors (Lipinski definition) is 5. The molecule has 0 saturated heterocycles. The van der Waals surface area contributed by atoms with Crippen LogP contribution in [0.25, 0.3) is 0 Å². The number of phenolic OH excluding ortho intramolecular Hbond substituents is 1. The molecule has 0 fully saturated rings. The van der Waals surface area contributed by atoms with E-state index < -0.39 is 11.4 Å². The van der Waals surface area contributed by atoms with Crippen molar-refractivity contribution in [3.63, 3.8) is 0 Å².